The number of nitrogens with zero attached hydrogens (tertiary/aromatic N) is 1. The predicted molar refractivity (Wildman–Crippen MR) is 69.9 cm³/mol. The summed E-state index contributed by atoms with van der Waals surface area (Å²) >= 11 is 7.40. The molecule has 1 aromatic carbocycles. The standard InChI is InChI=1S/C11H15ClN2OS/c1-3-14(2)11(15)7-16-10-6-8(13)4-5-9(10)12/h4-6H,3,7,13H2,1-2H3. The van der Waals surface area contributed by atoms with Crippen LogP contribution in [0.25, 0.3) is 0 Å². The van der Waals surface area contributed by atoms with Gasteiger partial charge in [0.05, 0.1) is 10.8 Å². The monoisotopic (exact) mass is 258 g/mol. The molecule has 0 spiro atoms. The number of thioether (sulfide) groups is 1. The minimum Gasteiger partial charge on any atom is -0.399 e. The smallest absolute Gasteiger partial charge is 0.232 e. The molecule has 1 amide bonds. The lowest BCUT2D eigenvalue weighted by atomic mass is 10.3. The zero-order valence-corrected chi connectivity index (χ0v) is 10.9. The van der Waals surface area contributed by atoms with E-state index in [-0.39, 0.29) is 5.91 Å². The summed E-state index contributed by atoms with van der Waals surface area (Å²) in [4.78, 5) is 14.1. The van der Waals surface area contributed by atoms with E-state index in [4.69, 9.17) is 17.3 Å². The summed E-state index contributed by atoms with van der Waals surface area (Å²) in [5, 5.41) is 0.631. The molecule has 1 rings (SSSR count). The summed E-state index contributed by atoms with van der Waals surface area (Å²) in [6.07, 6.45) is 0. The second-order valence-corrected chi connectivity index (χ2v) is 4.81. The molecule has 0 radical (unpaired) electrons. The van der Waals surface area contributed by atoms with Gasteiger partial charge in [-0.2, -0.15) is 0 Å². The van der Waals surface area contributed by atoms with Gasteiger partial charge >= 0.3 is 0 Å². The second-order valence-electron chi connectivity index (χ2n) is 3.39. The Balaban J connectivity index is 2.61. The van der Waals surface area contributed by atoms with Crippen molar-refractivity contribution in [2.75, 3.05) is 25.1 Å². The highest BCUT2D eigenvalue weighted by atomic mass is 35.5. The Morgan fingerprint density at radius 3 is 2.88 bits per heavy atom. The number of carbonyl (C=O) groups is 1. The molecule has 0 aliphatic rings. The van der Waals surface area contributed by atoms with Crippen molar-refractivity contribution in [2.45, 2.75) is 11.8 Å². The molecule has 0 aromatic heterocycles. The van der Waals surface area contributed by atoms with Crippen molar-refractivity contribution < 1.29 is 4.79 Å². The van der Waals surface area contributed by atoms with E-state index < -0.39 is 0 Å². The first kappa shape index (κ1) is 13.2. The number of hydrogen-bond donors (Lipinski definition) is 1. The molecule has 88 valence electrons. The fourth-order valence-electron chi connectivity index (χ4n) is 1.06. The van der Waals surface area contributed by atoms with E-state index in [9.17, 15) is 4.79 Å². The number of nitrogen functional groups attached to an aromatic ring is 1. The van der Waals surface area contributed by atoms with Crippen molar-refractivity contribution in [3.8, 4) is 0 Å². The molecule has 1 aromatic rings. The first-order chi connectivity index (χ1) is 7.54. The van der Waals surface area contributed by atoms with E-state index >= 15 is 0 Å². The van der Waals surface area contributed by atoms with E-state index in [1.54, 1.807) is 30.1 Å². The van der Waals surface area contributed by atoms with Crippen LogP contribution in [-0.2, 0) is 4.79 Å². The summed E-state index contributed by atoms with van der Waals surface area (Å²) in [6.45, 7) is 2.65. The number of amides is 1. The molecule has 0 saturated carbocycles. The predicted octanol–water partition coefficient (Wildman–Crippen LogP) is 2.49. The quantitative estimate of drug-likeness (QED) is 0.667. The van der Waals surface area contributed by atoms with Gasteiger partial charge in [0, 0.05) is 24.2 Å². The Morgan fingerprint density at radius 1 is 1.56 bits per heavy atom. The number of nitrogens with two attached hydrogens (primary N) is 1. The van der Waals surface area contributed by atoms with Crippen LogP contribution < -0.4 is 5.73 Å². The topological polar surface area (TPSA) is 46.3 Å². The van der Waals surface area contributed by atoms with Crippen LogP contribution in [0.1, 0.15) is 6.92 Å². The minimum absolute atomic E-state index is 0.0889. The lowest BCUT2D eigenvalue weighted by Crippen LogP contribution is -2.27. The number of halogens is 1. The molecule has 16 heavy (non-hydrogen) atoms. The molecule has 3 nitrogen and oxygen atoms in total. The maximum Gasteiger partial charge on any atom is 0.232 e. The maximum absolute atomic E-state index is 11.6. The van der Waals surface area contributed by atoms with Crippen LogP contribution in [0.3, 0.4) is 0 Å². The summed E-state index contributed by atoms with van der Waals surface area (Å²) in [5.74, 6) is 0.471. The van der Waals surface area contributed by atoms with E-state index in [2.05, 4.69) is 0 Å². The average Bonchev–Trinajstić information content (AvgIpc) is 2.28. The molecule has 5 heteroatoms. The van der Waals surface area contributed by atoms with Gasteiger partial charge < -0.3 is 10.6 Å². The van der Waals surface area contributed by atoms with Crippen LogP contribution in [-0.4, -0.2) is 30.2 Å². The summed E-state index contributed by atoms with van der Waals surface area (Å²) < 4.78 is 0. The van der Waals surface area contributed by atoms with E-state index in [1.807, 2.05) is 6.92 Å². The lowest BCUT2D eigenvalue weighted by molar-refractivity contribution is -0.126. The van der Waals surface area contributed by atoms with Gasteiger partial charge in [0.25, 0.3) is 0 Å². The van der Waals surface area contributed by atoms with Crippen molar-refractivity contribution in [2.24, 2.45) is 0 Å². The van der Waals surface area contributed by atoms with Gasteiger partial charge in [-0.05, 0) is 25.1 Å². The van der Waals surface area contributed by atoms with Gasteiger partial charge in [0.2, 0.25) is 5.91 Å². The van der Waals surface area contributed by atoms with Crippen molar-refractivity contribution >= 4 is 35.0 Å². The third kappa shape index (κ3) is 3.61. The SMILES string of the molecule is CCN(C)C(=O)CSc1cc(N)ccc1Cl. The Bertz CT molecular complexity index is 384. The van der Waals surface area contributed by atoms with E-state index in [1.165, 1.54) is 11.8 Å². The van der Waals surface area contributed by atoms with Gasteiger partial charge in [0.15, 0.2) is 0 Å². The van der Waals surface area contributed by atoms with Crippen LogP contribution in [0, 0.1) is 0 Å². The van der Waals surface area contributed by atoms with Crippen molar-refractivity contribution in [3.05, 3.63) is 23.2 Å². The van der Waals surface area contributed by atoms with Gasteiger partial charge in [0.1, 0.15) is 0 Å². The highest BCUT2D eigenvalue weighted by molar-refractivity contribution is 8.00. The van der Waals surface area contributed by atoms with Gasteiger partial charge in [-0.3, -0.25) is 4.79 Å². The number of anilines is 1. The minimum atomic E-state index is 0.0889. The Kier molecular flexibility index (Phi) is 4.96. The summed E-state index contributed by atoms with van der Waals surface area (Å²) in [6, 6.07) is 5.27. The Hall–Kier alpha value is -0.870. The molecule has 0 saturated heterocycles. The first-order valence-electron chi connectivity index (χ1n) is 4.96. The van der Waals surface area contributed by atoms with Crippen LogP contribution in [0.4, 0.5) is 5.69 Å². The zero-order chi connectivity index (χ0) is 12.1. The first-order valence-corrected chi connectivity index (χ1v) is 6.32. The van der Waals surface area contributed by atoms with Gasteiger partial charge in [-0.1, -0.05) is 11.6 Å². The number of carbonyl (C=O) groups excluding carboxylic acids is 1. The highest BCUT2D eigenvalue weighted by Gasteiger charge is 2.09. The number of benzene rings is 1. The lowest BCUT2D eigenvalue weighted by Gasteiger charge is -2.14. The van der Waals surface area contributed by atoms with E-state index in [0.717, 1.165) is 4.90 Å². The zero-order valence-electron chi connectivity index (χ0n) is 9.37. The molecule has 0 atom stereocenters. The van der Waals surface area contributed by atoms with Crippen LogP contribution in [0.5, 0.6) is 0 Å². The fraction of sp³-hybridized carbons (Fsp3) is 0.364. The molecule has 0 heterocycles. The molecule has 0 aliphatic carbocycles. The van der Waals surface area contributed by atoms with Crippen LogP contribution in [0.15, 0.2) is 23.1 Å². The van der Waals surface area contributed by atoms with Gasteiger partial charge in [-0.25, -0.2) is 0 Å². The largest absolute Gasteiger partial charge is 0.399 e. The number of hydrogen-bond acceptors (Lipinski definition) is 3. The average molecular weight is 259 g/mol. The molecular weight excluding hydrogens is 244 g/mol. The van der Waals surface area contributed by atoms with Crippen molar-refractivity contribution in [1.82, 2.24) is 4.90 Å². The molecule has 0 unspecified atom stereocenters. The summed E-state index contributed by atoms with van der Waals surface area (Å²) in [7, 11) is 1.78. The fourth-order valence-corrected chi connectivity index (χ4v) is 2.26. The molecular formula is C11H15ClN2OS. The highest BCUT2D eigenvalue weighted by Crippen LogP contribution is 2.28. The third-order valence-corrected chi connectivity index (χ3v) is 3.69. The normalized spacial score (nSPS) is 10.2. The van der Waals surface area contributed by atoms with Crippen LogP contribution >= 0.6 is 23.4 Å². The maximum atomic E-state index is 11.6. The number of rotatable bonds is 4. The van der Waals surface area contributed by atoms with Gasteiger partial charge in [-0.15, -0.1) is 11.8 Å². The molecule has 2 N–H and O–H groups in total. The third-order valence-electron chi connectivity index (χ3n) is 2.21. The van der Waals surface area contributed by atoms with Crippen molar-refractivity contribution in [3.63, 3.8) is 0 Å². The molecule has 0 fully saturated rings. The van der Waals surface area contributed by atoms with Crippen molar-refractivity contribution in [1.29, 1.82) is 0 Å². The summed E-state index contributed by atoms with van der Waals surface area (Å²) in [5.41, 5.74) is 6.31. The Labute approximate surface area is 105 Å². The Morgan fingerprint density at radius 2 is 2.25 bits per heavy atom. The van der Waals surface area contributed by atoms with E-state index in [0.29, 0.717) is 23.0 Å². The molecule has 0 bridgehead atoms. The van der Waals surface area contributed by atoms with Crippen LogP contribution in [0.2, 0.25) is 5.02 Å². The second kappa shape index (κ2) is 6.01. The molecule has 0 aliphatic heterocycles.